The molecule has 1 nitrogen and oxygen atoms in total. The fourth-order valence-electron chi connectivity index (χ4n) is 1.54. The number of unbranched alkanes of at least 4 members (excludes halogenated alkanes) is 1. The molecule has 1 rings (SSSR count). The van der Waals surface area contributed by atoms with Crippen molar-refractivity contribution in [3.8, 4) is 0 Å². The summed E-state index contributed by atoms with van der Waals surface area (Å²) in [5.74, 6) is -1.03. The highest BCUT2D eigenvalue weighted by Crippen LogP contribution is 2.18. The van der Waals surface area contributed by atoms with Crippen molar-refractivity contribution >= 4 is 5.69 Å². The molecule has 0 saturated heterocycles. The average molecular weight is 213 g/mol. The van der Waals surface area contributed by atoms with E-state index in [2.05, 4.69) is 6.92 Å². The first kappa shape index (κ1) is 12.0. The fourth-order valence-corrected chi connectivity index (χ4v) is 1.54. The van der Waals surface area contributed by atoms with Gasteiger partial charge in [-0.05, 0) is 25.5 Å². The SMILES string of the molecule is CCCCN(CC)c1cc(F)cc(F)c1. The molecule has 0 aliphatic heterocycles. The van der Waals surface area contributed by atoms with E-state index in [9.17, 15) is 8.78 Å². The molecule has 84 valence electrons. The second-order valence-electron chi connectivity index (χ2n) is 3.56. The standard InChI is InChI=1S/C12H17F2N/c1-3-5-6-15(4-2)12-8-10(13)7-11(14)9-12/h7-9H,3-6H2,1-2H3. The van der Waals surface area contributed by atoms with Crippen molar-refractivity contribution in [2.45, 2.75) is 26.7 Å². The number of hydrogen-bond donors (Lipinski definition) is 0. The molecule has 0 atom stereocenters. The fraction of sp³-hybridized carbons (Fsp3) is 0.500. The van der Waals surface area contributed by atoms with Crippen LogP contribution in [0.4, 0.5) is 14.5 Å². The van der Waals surface area contributed by atoms with E-state index in [4.69, 9.17) is 0 Å². The van der Waals surface area contributed by atoms with E-state index < -0.39 is 11.6 Å². The van der Waals surface area contributed by atoms with Crippen LogP contribution in [0.2, 0.25) is 0 Å². The summed E-state index contributed by atoms with van der Waals surface area (Å²) in [6, 6.07) is 3.65. The molecule has 0 bridgehead atoms. The Kier molecular flexibility index (Phi) is 4.53. The van der Waals surface area contributed by atoms with Crippen LogP contribution in [-0.2, 0) is 0 Å². The zero-order valence-electron chi connectivity index (χ0n) is 9.26. The lowest BCUT2D eigenvalue weighted by Gasteiger charge is -2.22. The van der Waals surface area contributed by atoms with Crippen LogP contribution in [0.1, 0.15) is 26.7 Å². The predicted molar refractivity (Wildman–Crippen MR) is 59.2 cm³/mol. The Balaban J connectivity index is 2.81. The third-order valence-electron chi connectivity index (χ3n) is 2.38. The minimum Gasteiger partial charge on any atom is -0.372 e. The molecule has 1 aromatic rings. The number of halogens is 2. The van der Waals surface area contributed by atoms with E-state index in [0.717, 1.165) is 32.0 Å². The van der Waals surface area contributed by atoms with Crippen molar-refractivity contribution in [2.75, 3.05) is 18.0 Å². The van der Waals surface area contributed by atoms with Gasteiger partial charge in [-0.1, -0.05) is 13.3 Å². The number of anilines is 1. The molecule has 3 heteroatoms. The quantitative estimate of drug-likeness (QED) is 0.722. The molecule has 0 spiro atoms. The zero-order valence-corrected chi connectivity index (χ0v) is 9.26. The predicted octanol–water partition coefficient (Wildman–Crippen LogP) is 3.59. The molecule has 0 heterocycles. The molecule has 0 radical (unpaired) electrons. The van der Waals surface area contributed by atoms with Crippen molar-refractivity contribution in [1.82, 2.24) is 0 Å². The number of hydrogen-bond acceptors (Lipinski definition) is 1. The lowest BCUT2D eigenvalue weighted by Crippen LogP contribution is -2.24. The third-order valence-corrected chi connectivity index (χ3v) is 2.38. The van der Waals surface area contributed by atoms with Gasteiger partial charge in [0.15, 0.2) is 0 Å². The number of benzene rings is 1. The van der Waals surface area contributed by atoms with E-state index in [0.29, 0.717) is 5.69 Å². The summed E-state index contributed by atoms with van der Waals surface area (Å²) < 4.78 is 26.0. The normalized spacial score (nSPS) is 10.4. The van der Waals surface area contributed by atoms with Crippen LogP contribution in [0.3, 0.4) is 0 Å². The van der Waals surface area contributed by atoms with Gasteiger partial charge in [0, 0.05) is 24.8 Å². The first-order valence-corrected chi connectivity index (χ1v) is 5.38. The van der Waals surface area contributed by atoms with Crippen molar-refractivity contribution in [3.05, 3.63) is 29.8 Å². The van der Waals surface area contributed by atoms with Gasteiger partial charge < -0.3 is 4.90 Å². The minimum absolute atomic E-state index is 0.514. The maximum Gasteiger partial charge on any atom is 0.128 e. The van der Waals surface area contributed by atoms with Crippen molar-refractivity contribution < 1.29 is 8.78 Å². The van der Waals surface area contributed by atoms with E-state index in [-0.39, 0.29) is 0 Å². The lowest BCUT2D eigenvalue weighted by atomic mass is 10.2. The zero-order chi connectivity index (χ0) is 11.3. The van der Waals surface area contributed by atoms with Crippen molar-refractivity contribution in [3.63, 3.8) is 0 Å². The van der Waals surface area contributed by atoms with E-state index in [1.54, 1.807) is 0 Å². The van der Waals surface area contributed by atoms with Crippen LogP contribution >= 0.6 is 0 Å². The molecular formula is C12H17F2N. The van der Waals surface area contributed by atoms with Gasteiger partial charge in [-0.25, -0.2) is 8.78 Å². The number of nitrogens with zero attached hydrogens (tertiary/aromatic N) is 1. The maximum atomic E-state index is 13.0. The monoisotopic (exact) mass is 213 g/mol. The van der Waals surface area contributed by atoms with E-state index in [1.165, 1.54) is 12.1 Å². The van der Waals surface area contributed by atoms with E-state index in [1.807, 2.05) is 11.8 Å². The Morgan fingerprint density at radius 2 is 1.67 bits per heavy atom. The summed E-state index contributed by atoms with van der Waals surface area (Å²) in [5, 5.41) is 0. The molecule has 0 amide bonds. The molecule has 0 aliphatic rings. The van der Waals surface area contributed by atoms with Gasteiger partial charge in [0.05, 0.1) is 0 Å². The van der Waals surface area contributed by atoms with Crippen molar-refractivity contribution in [1.29, 1.82) is 0 Å². The summed E-state index contributed by atoms with van der Waals surface area (Å²) >= 11 is 0. The van der Waals surface area contributed by atoms with Gasteiger partial charge in [0.25, 0.3) is 0 Å². The summed E-state index contributed by atoms with van der Waals surface area (Å²) in [4.78, 5) is 1.98. The first-order chi connectivity index (χ1) is 7.17. The molecule has 1 aromatic carbocycles. The molecule has 0 aliphatic carbocycles. The van der Waals surface area contributed by atoms with Gasteiger partial charge in [0.2, 0.25) is 0 Å². The summed E-state index contributed by atoms with van der Waals surface area (Å²) in [6.07, 6.45) is 2.11. The second kappa shape index (κ2) is 5.69. The van der Waals surface area contributed by atoms with Crippen LogP contribution in [0.15, 0.2) is 18.2 Å². The minimum atomic E-state index is -0.514. The van der Waals surface area contributed by atoms with Crippen LogP contribution < -0.4 is 4.90 Å². The third kappa shape index (κ3) is 3.50. The first-order valence-electron chi connectivity index (χ1n) is 5.38. The van der Waals surface area contributed by atoms with Gasteiger partial charge in [-0.3, -0.25) is 0 Å². The average Bonchev–Trinajstić information content (AvgIpc) is 2.17. The number of rotatable bonds is 5. The molecule has 0 N–H and O–H groups in total. The molecule has 0 unspecified atom stereocenters. The van der Waals surface area contributed by atoms with Gasteiger partial charge >= 0.3 is 0 Å². The molecule has 0 aromatic heterocycles. The Labute approximate surface area is 89.7 Å². The Bertz CT molecular complexity index is 292. The van der Waals surface area contributed by atoms with Crippen LogP contribution in [0.25, 0.3) is 0 Å². The van der Waals surface area contributed by atoms with Crippen LogP contribution in [-0.4, -0.2) is 13.1 Å². The molecular weight excluding hydrogens is 196 g/mol. The second-order valence-corrected chi connectivity index (χ2v) is 3.56. The summed E-state index contributed by atoms with van der Waals surface area (Å²) in [7, 11) is 0. The highest BCUT2D eigenvalue weighted by molar-refractivity contribution is 5.46. The Morgan fingerprint density at radius 3 is 2.13 bits per heavy atom. The largest absolute Gasteiger partial charge is 0.372 e. The topological polar surface area (TPSA) is 3.24 Å². The smallest absolute Gasteiger partial charge is 0.128 e. The van der Waals surface area contributed by atoms with E-state index >= 15 is 0 Å². The summed E-state index contributed by atoms with van der Waals surface area (Å²) in [6.45, 7) is 5.69. The van der Waals surface area contributed by atoms with Gasteiger partial charge in [-0.2, -0.15) is 0 Å². The van der Waals surface area contributed by atoms with Crippen LogP contribution in [0, 0.1) is 11.6 Å². The highest BCUT2D eigenvalue weighted by Gasteiger charge is 2.06. The molecule has 0 fully saturated rings. The molecule has 0 saturated carbocycles. The van der Waals surface area contributed by atoms with Crippen LogP contribution in [0.5, 0.6) is 0 Å². The summed E-state index contributed by atoms with van der Waals surface area (Å²) in [5.41, 5.74) is 0.628. The van der Waals surface area contributed by atoms with Crippen molar-refractivity contribution in [2.24, 2.45) is 0 Å². The Hall–Kier alpha value is -1.12. The lowest BCUT2D eigenvalue weighted by molar-refractivity contribution is 0.581. The van der Waals surface area contributed by atoms with Gasteiger partial charge in [0.1, 0.15) is 11.6 Å². The molecule has 15 heavy (non-hydrogen) atoms. The maximum absolute atomic E-state index is 13.0. The van der Waals surface area contributed by atoms with Gasteiger partial charge in [-0.15, -0.1) is 0 Å². The Morgan fingerprint density at radius 1 is 1.07 bits per heavy atom. The highest BCUT2D eigenvalue weighted by atomic mass is 19.1.